The number of para-hydroxylation sites is 1. The van der Waals surface area contributed by atoms with Crippen molar-refractivity contribution in [3.05, 3.63) is 89.5 Å². The molecule has 0 unspecified atom stereocenters. The minimum Gasteiger partial charge on any atom is -0.321 e. The average molecular weight is 302 g/mol. The third-order valence-corrected chi connectivity index (χ3v) is 4.07. The Morgan fingerprint density at radius 3 is 2.26 bits per heavy atom. The number of aryl methyl sites for hydroxylation is 2. The van der Waals surface area contributed by atoms with Gasteiger partial charge in [-0.3, -0.25) is 0 Å². The molecular formula is C21H22N2. The molecule has 3 rings (SSSR count). The summed E-state index contributed by atoms with van der Waals surface area (Å²) < 4.78 is 0. The van der Waals surface area contributed by atoms with E-state index < -0.39 is 0 Å². The van der Waals surface area contributed by atoms with E-state index in [-0.39, 0.29) is 0 Å². The lowest BCUT2D eigenvalue weighted by Crippen LogP contribution is -2.20. The minimum atomic E-state index is 0.771. The second-order valence-electron chi connectivity index (χ2n) is 5.84. The number of hydrogen-bond donors (Lipinski definition) is 2. The molecule has 0 amide bonds. The summed E-state index contributed by atoms with van der Waals surface area (Å²) in [5.74, 6) is 0. The van der Waals surface area contributed by atoms with Crippen LogP contribution in [0, 0.1) is 13.8 Å². The Morgan fingerprint density at radius 1 is 0.696 bits per heavy atom. The minimum absolute atomic E-state index is 0.771. The van der Waals surface area contributed by atoms with E-state index in [9.17, 15) is 0 Å². The van der Waals surface area contributed by atoms with Crippen molar-refractivity contribution in [1.29, 1.82) is 0 Å². The highest BCUT2D eigenvalue weighted by atomic mass is 15.3. The van der Waals surface area contributed by atoms with E-state index in [2.05, 4.69) is 67.2 Å². The number of hydrogen-bond acceptors (Lipinski definition) is 2. The summed E-state index contributed by atoms with van der Waals surface area (Å²) in [6.45, 7) is 5.08. The van der Waals surface area contributed by atoms with Crippen molar-refractivity contribution in [3.8, 4) is 11.1 Å². The Balaban J connectivity index is 1.68. The van der Waals surface area contributed by atoms with Gasteiger partial charge in [0.05, 0.1) is 0 Å². The van der Waals surface area contributed by atoms with Crippen LogP contribution in [0.1, 0.15) is 16.7 Å². The quantitative estimate of drug-likeness (QED) is 0.642. The van der Waals surface area contributed by atoms with Gasteiger partial charge in [-0.1, -0.05) is 54.6 Å². The molecule has 0 saturated carbocycles. The smallest absolute Gasteiger partial charge is 0.0487 e. The Labute approximate surface area is 138 Å². The van der Waals surface area contributed by atoms with Crippen LogP contribution < -0.4 is 10.9 Å². The van der Waals surface area contributed by atoms with Gasteiger partial charge in [-0.25, -0.2) is 5.43 Å². The van der Waals surface area contributed by atoms with Gasteiger partial charge in [0, 0.05) is 12.2 Å². The maximum absolute atomic E-state index is 3.27. The predicted molar refractivity (Wildman–Crippen MR) is 98.3 cm³/mol. The van der Waals surface area contributed by atoms with Crippen LogP contribution in [0.3, 0.4) is 0 Å². The molecule has 3 aromatic rings. The molecule has 3 aromatic carbocycles. The maximum atomic E-state index is 3.27. The highest BCUT2D eigenvalue weighted by Crippen LogP contribution is 2.23. The fraction of sp³-hybridized carbons (Fsp3) is 0.143. The fourth-order valence-electron chi connectivity index (χ4n) is 2.55. The first-order valence-electron chi connectivity index (χ1n) is 7.93. The van der Waals surface area contributed by atoms with Crippen molar-refractivity contribution in [2.24, 2.45) is 0 Å². The monoisotopic (exact) mass is 302 g/mol. The van der Waals surface area contributed by atoms with Crippen molar-refractivity contribution in [2.75, 3.05) is 5.43 Å². The van der Waals surface area contributed by atoms with Gasteiger partial charge in [0.15, 0.2) is 0 Å². The number of anilines is 1. The van der Waals surface area contributed by atoms with E-state index in [4.69, 9.17) is 0 Å². The average Bonchev–Trinajstić information content (AvgIpc) is 2.59. The van der Waals surface area contributed by atoms with E-state index in [1.807, 2.05) is 30.3 Å². The lowest BCUT2D eigenvalue weighted by atomic mass is 9.99. The summed E-state index contributed by atoms with van der Waals surface area (Å²) in [6.07, 6.45) is 0. The Morgan fingerprint density at radius 2 is 1.48 bits per heavy atom. The van der Waals surface area contributed by atoms with Crippen molar-refractivity contribution in [2.45, 2.75) is 20.4 Å². The number of hydrazine groups is 1. The number of rotatable bonds is 5. The lowest BCUT2D eigenvalue weighted by Gasteiger charge is -2.10. The van der Waals surface area contributed by atoms with Crippen molar-refractivity contribution < 1.29 is 0 Å². The van der Waals surface area contributed by atoms with Gasteiger partial charge < -0.3 is 5.43 Å². The standard InChI is InChI=1S/C21H22N2/c1-16-11-12-20(13-17(16)2)19-8-6-7-18(14-19)15-22-23-21-9-4-3-5-10-21/h3-14,22-23H,15H2,1-2H3. The van der Waals surface area contributed by atoms with Gasteiger partial charge in [0.25, 0.3) is 0 Å². The summed E-state index contributed by atoms with van der Waals surface area (Å²) in [7, 11) is 0. The van der Waals surface area contributed by atoms with Gasteiger partial charge in [-0.05, 0) is 59.9 Å². The molecule has 0 aliphatic heterocycles. The van der Waals surface area contributed by atoms with Crippen LogP contribution >= 0.6 is 0 Å². The summed E-state index contributed by atoms with van der Waals surface area (Å²) in [5, 5.41) is 0. The van der Waals surface area contributed by atoms with Crippen LogP contribution in [0.2, 0.25) is 0 Å². The van der Waals surface area contributed by atoms with Gasteiger partial charge in [-0.2, -0.15) is 0 Å². The fourth-order valence-corrected chi connectivity index (χ4v) is 2.55. The van der Waals surface area contributed by atoms with E-state index in [0.717, 1.165) is 12.2 Å². The van der Waals surface area contributed by atoms with E-state index >= 15 is 0 Å². The summed E-state index contributed by atoms with van der Waals surface area (Å²) in [4.78, 5) is 0. The highest BCUT2D eigenvalue weighted by molar-refractivity contribution is 5.65. The SMILES string of the molecule is Cc1ccc(-c2cccc(CNNc3ccccc3)c2)cc1C. The zero-order valence-electron chi connectivity index (χ0n) is 13.6. The third-order valence-electron chi connectivity index (χ3n) is 4.07. The molecule has 0 spiro atoms. The maximum Gasteiger partial charge on any atom is 0.0487 e. The first-order chi connectivity index (χ1) is 11.2. The van der Waals surface area contributed by atoms with Crippen LogP contribution in [0.25, 0.3) is 11.1 Å². The van der Waals surface area contributed by atoms with Crippen LogP contribution in [0.5, 0.6) is 0 Å². The van der Waals surface area contributed by atoms with Gasteiger partial charge in [0.2, 0.25) is 0 Å². The van der Waals surface area contributed by atoms with Gasteiger partial charge >= 0.3 is 0 Å². The predicted octanol–water partition coefficient (Wildman–Crippen LogP) is 5.09. The first kappa shape index (κ1) is 15.3. The molecule has 0 aliphatic rings. The molecular weight excluding hydrogens is 280 g/mol. The largest absolute Gasteiger partial charge is 0.321 e. The van der Waals surface area contributed by atoms with Crippen LogP contribution in [0.15, 0.2) is 72.8 Å². The molecule has 0 aliphatic carbocycles. The number of nitrogens with one attached hydrogen (secondary N) is 2. The molecule has 0 radical (unpaired) electrons. The Hall–Kier alpha value is -2.58. The van der Waals surface area contributed by atoms with Gasteiger partial charge in [-0.15, -0.1) is 0 Å². The molecule has 0 saturated heterocycles. The zero-order valence-corrected chi connectivity index (χ0v) is 13.6. The van der Waals surface area contributed by atoms with Crippen LogP contribution in [0.4, 0.5) is 5.69 Å². The molecule has 0 bridgehead atoms. The van der Waals surface area contributed by atoms with E-state index in [1.54, 1.807) is 0 Å². The summed E-state index contributed by atoms with van der Waals surface area (Å²) >= 11 is 0. The molecule has 2 N–H and O–H groups in total. The molecule has 116 valence electrons. The molecule has 2 heteroatoms. The van der Waals surface area contributed by atoms with Crippen LogP contribution in [-0.2, 0) is 6.54 Å². The second-order valence-corrected chi connectivity index (χ2v) is 5.84. The van der Waals surface area contributed by atoms with Crippen molar-refractivity contribution in [1.82, 2.24) is 5.43 Å². The molecule has 23 heavy (non-hydrogen) atoms. The third kappa shape index (κ3) is 3.99. The highest BCUT2D eigenvalue weighted by Gasteiger charge is 2.01. The normalized spacial score (nSPS) is 10.5. The lowest BCUT2D eigenvalue weighted by molar-refractivity contribution is 0.802. The van der Waals surface area contributed by atoms with E-state index in [0.29, 0.717) is 0 Å². The number of benzene rings is 3. The van der Waals surface area contributed by atoms with Crippen LogP contribution in [-0.4, -0.2) is 0 Å². The molecule has 2 nitrogen and oxygen atoms in total. The summed E-state index contributed by atoms with van der Waals surface area (Å²) in [5.41, 5.74) is 14.0. The molecule has 0 atom stereocenters. The van der Waals surface area contributed by atoms with E-state index in [1.165, 1.54) is 27.8 Å². The topological polar surface area (TPSA) is 24.1 Å². The molecule has 0 heterocycles. The Bertz CT molecular complexity index is 779. The van der Waals surface area contributed by atoms with Gasteiger partial charge in [0.1, 0.15) is 0 Å². The molecule has 0 fully saturated rings. The van der Waals surface area contributed by atoms with Crippen molar-refractivity contribution >= 4 is 5.69 Å². The summed E-state index contributed by atoms with van der Waals surface area (Å²) in [6, 6.07) is 25.4. The zero-order chi connectivity index (χ0) is 16.1. The molecule has 0 aromatic heterocycles. The van der Waals surface area contributed by atoms with Crippen molar-refractivity contribution in [3.63, 3.8) is 0 Å². The Kier molecular flexibility index (Phi) is 4.74. The second kappa shape index (κ2) is 7.12. The first-order valence-corrected chi connectivity index (χ1v) is 7.93.